The van der Waals surface area contributed by atoms with E-state index in [-0.39, 0.29) is 21.6 Å². The molecule has 182 valence electrons. The van der Waals surface area contributed by atoms with Gasteiger partial charge in [-0.2, -0.15) is 18.3 Å². The topological polar surface area (TPSA) is 78.0 Å². The van der Waals surface area contributed by atoms with Gasteiger partial charge in [0.1, 0.15) is 0 Å². The Kier molecular flexibility index (Phi) is 6.11. The molecule has 4 aromatic rings. The summed E-state index contributed by atoms with van der Waals surface area (Å²) in [5, 5.41) is 9.20. The number of hydrogen-bond acceptors (Lipinski definition) is 3. The van der Waals surface area contributed by atoms with Crippen molar-refractivity contribution >= 4 is 10.0 Å². The van der Waals surface area contributed by atoms with Gasteiger partial charge in [0.2, 0.25) is 10.0 Å². The van der Waals surface area contributed by atoms with Gasteiger partial charge >= 0.3 is 6.18 Å². The molecule has 0 saturated heterocycles. The summed E-state index contributed by atoms with van der Waals surface area (Å²) in [7, 11) is -3.97. The number of alkyl halides is 3. The maximum atomic E-state index is 14.3. The fourth-order valence-corrected chi connectivity index (χ4v) is 4.37. The fraction of sp³-hybridized carbons (Fsp3) is 0.192. The van der Waals surface area contributed by atoms with Crippen molar-refractivity contribution in [3.63, 3.8) is 0 Å². The largest absolute Gasteiger partial charge is 0.435 e. The van der Waals surface area contributed by atoms with Gasteiger partial charge in [0.15, 0.2) is 5.69 Å². The maximum Gasteiger partial charge on any atom is 0.435 e. The number of hydrogen-bond donors (Lipinski definition) is 1. The zero-order chi connectivity index (χ0) is 25.6. The average Bonchev–Trinajstić information content (AvgIpc) is 3.20. The number of halogens is 3. The van der Waals surface area contributed by atoms with E-state index in [9.17, 15) is 21.6 Å². The van der Waals surface area contributed by atoms with Crippen LogP contribution in [0.15, 0.2) is 83.8 Å². The molecule has 4 rings (SSSR count). The predicted octanol–water partition coefficient (Wildman–Crippen LogP) is 6.17. The number of nitrogens with zero attached hydrogens (tertiary/aromatic N) is 2. The van der Waals surface area contributed by atoms with E-state index >= 15 is 0 Å². The van der Waals surface area contributed by atoms with Crippen LogP contribution in [0, 0.1) is 0 Å². The summed E-state index contributed by atoms with van der Waals surface area (Å²) in [5.41, 5.74) is 1.00. The van der Waals surface area contributed by atoms with Crippen LogP contribution in [0.3, 0.4) is 0 Å². The quantitative estimate of drug-likeness (QED) is 0.365. The molecule has 0 saturated carbocycles. The van der Waals surface area contributed by atoms with Gasteiger partial charge in [0, 0.05) is 11.1 Å². The number of benzene rings is 3. The Balaban J connectivity index is 2.04. The highest BCUT2D eigenvalue weighted by molar-refractivity contribution is 7.89. The summed E-state index contributed by atoms with van der Waals surface area (Å²) < 4.78 is 67.5. The summed E-state index contributed by atoms with van der Waals surface area (Å²) in [6.45, 7) is 6.07. The van der Waals surface area contributed by atoms with E-state index in [4.69, 9.17) is 5.14 Å². The molecule has 0 amide bonds. The van der Waals surface area contributed by atoms with Crippen LogP contribution in [0.1, 0.15) is 32.0 Å². The monoisotopic (exact) mass is 499 g/mol. The lowest BCUT2D eigenvalue weighted by Gasteiger charge is -2.19. The van der Waals surface area contributed by atoms with Gasteiger partial charge < -0.3 is 0 Å². The summed E-state index contributed by atoms with van der Waals surface area (Å²) in [4.78, 5) is -0.140. The highest BCUT2D eigenvalue weighted by Gasteiger charge is 2.40. The predicted molar refractivity (Wildman–Crippen MR) is 130 cm³/mol. The van der Waals surface area contributed by atoms with Crippen molar-refractivity contribution in [1.82, 2.24) is 9.78 Å². The standard InChI is InChI=1S/C26H24F3N3O2S/c1-25(2,3)19-13-9-17(10-14-19)22-23(18-11-15-21(16-12-18)35(30,33)34)32(20-7-5-4-6-8-20)31-24(22)26(27,28)29/h4-16H,1-3H3,(H2,30,33,34). The van der Waals surface area contributed by atoms with Crippen LogP contribution in [0.5, 0.6) is 0 Å². The van der Waals surface area contributed by atoms with Crippen LogP contribution < -0.4 is 5.14 Å². The van der Waals surface area contributed by atoms with E-state index < -0.39 is 21.9 Å². The van der Waals surface area contributed by atoms with Gasteiger partial charge in [0.05, 0.1) is 16.3 Å². The Morgan fingerprint density at radius 3 is 1.83 bits per heavy atom. The first-order valence-electron chi connectivity index (χ1n) is 10.8. The molecule has 0 bridgehead atoms. The molecule has 3 aromatic carbocycles. The Morgan fingerprint density at radius 1 is 0.800 bits per heavy atom. The smallest absolute Gasteiger partial charge is 0.232 e. The van der Waals surface area contributed by atoms with E-state index in [1.807, 2.05) is 32.9 Å². The van der Waals surface area contributed by atoms with Gasteiger partial charge in [-0.1, -0.05) is 75.4 Å². The molecule has 0 atom stereocenters. The van der Waals surface area contributed by atoms with E-state index in [1.54, 1.807) is 42.5 Å². The van der Waals surface area contributed by atoms with Crippen molar-refractivity contribution in [1.29, 1.82) is 0 Å². The van der Waals surface area contributed by atoms with Gasteiger partial charge in [0.25, 0.3) is 0 Å². The maximum absolute atomic E-state index is 14.3. The zero-order valence-corrected chi connectivity index (χ0v) is 20.2. The molecule has 0 aliphatic carbocycles. The molecule has 0 spiro atoms. The molecule has 0 aliphatic rings. The van der Waals surface area contributed by atoms with Crippen LogP contribution in [-0.4, -0.2) is 18.2 Å². The fourth-order valence-electron chi connectivity index (χ4n) is 3.85. The number of sulfonamides is 1. The van der Waals surface area contributed by atoms with Crippen molar-refractivity contribution < 1.29 is 21.6 Å². The van der Waals surface area contributed by atoms with E-state index in [1.165, 1.54) is 28.9 Å². The molecular formula is C26H24F3N3O2S. The molecule has 0 fully saturated rings. The third-order valence-corrected chi connectivity index (χ3v) is 6.58. The molecule has 2 N–H and O–H groups in total. The summed E-state index contributed by atoms with van der Waals surface area (Å²) in [6, 6.07) is 20.8. The Labute approximate surface area is 202 Å². The van der Waals surface area contributed by atoms with Crippen LogP contribution in [0.25, 0.3) is 28.1 Å². The summed E-state index contributed by atoms with van der Waals surface area (Å²) >= 11 is 0. The van der Waals surface area contributed by atoms with Crippen molar-refractivity contribution in [2.45, 2.75) is 37.3 Å². The van der Waals surface area contributed by atoms with E-state index in [0.29, 0.717) is 16.8 Å². The highest BCUT2D eigenvalue weighted by Crippen LogP contribution is 2.44. The van der Waals surface area contributed by atoms with Gasteiger partial charge in [-0.15, -0.1) is 0 Å². The Hall–Kier alpha value is -3.43. The van der Waals surface area contributed by atoms with Crippen molar-refractivity contribution in [2.75, 3.05) is 0 Å². The molecule has 0 unspecified atom stereocenters. The number of rotatable bonds is 4. The molecule has 0 radical (unpaired) electrons. The van der Waals surface area contributed by atoms with Gasteiger partial charge in [-0.25, -0.2) is 18.2 Å². The summed E-state index contributed by atoms with van der Waals surface area (Å²) in [5.74, 6) is 0. The first-order chi connectivity index (χ1) is 16.3. The Morgan fingerprint density at radius 2 is 1.34 bits per heavy atom. The minimum Gasteiger partial charge on any atom is -0.232 e. The van der Waals surface area contributed by atoms with Crippen LogP contribution in [0.4, 0.5) is 13.2 Å². The molecule has 9 heteroatoms. The van der Waals surface area contributed by atoms with Crippen LogP contribution in [0.2, 0.25) is 0 Å². The van der Waals surface area contributed by atoms with Crippen molar-refractivity contribution in [2.24, 2.45) is 5.14 Å². The average molecular weight is 500 g/mol. The number of primary sulfonamides is 1. The lowest BCUT2D eigenvalue weighted by molar-refractivity contribution is -0.140. The normalized spacial score (nSPS) is 12.7. The molecule has 1 aromatic heterocycles. The molecular weight excluding hydrogens is 475 g/mol. The number of aromatic nitrogens is 2. The minimum absolute atomic E-state index is 0.0924. The molecule has 0 aliphatic heterocycles. The molecule has 1 heterocycles. The molecule has 5 nitrogen and oxygen atoms in total. The Bertz CT molecular complexity index is 1450. The second kappa shape index (κ2) is 8.66. The third-order valence-electron chi connectivity index (χ3n) is 5.65. The second-order valence-corrected chi connectivity index (χ2v) is 10.8. The first kappa shape index (κ1) is 24.7. The van der Waals surface area contributed by atoms with E-state index in [0.717, 1.165) is 5.56 Å². The van der Waals surface area contributed by atoms with Crippen LogP contribution >= 0.6 is 0 Å². The lowest BCUT2D eigenvalue weighted by Crippen LogP contribution is -2.11. The third kappa shape index (κ3) is 5.01. The van der Waals surface area contributed by atoms with Crippen LogP contribution in [-0.2, 0) is 21.6 Å². The minimum atomic E-state index is -4.73. The highest BCUT2D eigenvalue weighted by atomic mass is 32.2. The van der Waals surface area contributed by atoms with E-state index in [2.05, 4.69) is 5.10 Å². The lowest BCUT2D eigenvalue weighted by atomic mass is 9.86. The van der Waals surface area contributed by atoms with Crippen molar-refractivity contribution in [3.8, 4) is 28.1 Å². The SMILES string of the molecule is CC(C)(C)c1ccc(-c2c(C(F)(F)F)nn(-c3ccccc3)c2-c2ccc(S(N)(=O)=O)cc2)cc1. The number of para-hydroxylation sites is 1. The van der Waals surface area contributed by atoms with Crippen molar-refractivity contribution in [3.05, 3.63) is 90.1 Å². The zero-order valence-electron chi connectivity index (χ0n) is 19.3. The van der Waals surface area contributed by atoms with Gasteiger partial charge in [-0.3, -0.25) is 0 Å². The summed E-state index contributed by atoms with van der Waals surface area (Å²) in [6.07, 6.45) is -4.73. The first-order valence-corrected chi connectivity index (χ1v) is 12.3. The molecule has 35 heavy (non-hydrogen) atoms. The van der Waals surface area contributed by atoms with Gasteiger partial charge in [-0.05, 0) is 40.8 Å². The second-order valence-electron chi connectivity index (χ2n) is 9.21. The number of nitrogens with two attached hydrogens (primary N) is 1.